The van der Waals surface area contributed by atoms with Crippen LogP contribution in [0.3, 0.4) is 0 Å². The van der Waals surface area contributed by atoms with Gasteiger partial charge in [0, 0.05) is 6.08 Å². The number of amides is 1. The molecule has 11 heavy (non-hydrogen) atoms. The standard InChI is InChI=1S/C7H5N2O2/c8-9-7(10)4-3-6-2-1-5-11-6/h1-5H/q-1/b4-3+. The van der Waals surface area contributed by atoms with E-state index in [1.807, 2.05) is 0 Å². The summed E-state index contributed by atoms with van der Waals surface area (Å²) in [7, 11) is 0. The van der Waals surface area contributed by atoms with Crippen LogP contribution in [0.2, 0.25) is 0 Å². The Morgan fingerprint density at radius 1 is 1.73 bits per heavy atom. The molecule has 0 radical (unpaired) electrons. The molecule has 0 aromatic carbocycles. The van der Waals surface area contributed by atoms with E-state index in [1.165, 1.54) is 12.3 Å². The summed E-state index contributed by atoms with van der Waals surface area (Å²) in [5.74, 6) is -0.164. The maximum atomic E-state index is 10.4. The first-order chi connectivity index (χ1) is 5.33. The number of carbonyl (C=O) groups excluding carboxylic acids is 1. The molecule has 0 bridgehead atoms. The number of hydrogen-bond acceptors (Lipinski definition) is 2. The first kappa shape index (κ1) is 7.40. The van der Waals surface area contributed by atoms with Gasteiger partial charge in [0.15, 0.2) is 0 Å². The molecule has 1 aromatic rings. The maximum Gasteiger partial charge on any atom is 0.249 e. The van der Waals surface area contributed by atoms with E-state index in [1.54, 1.807) is 12.1 Å². The van der Waals surface area contributed by atoms with Gasteiger partial charge < -0.3 is 15.1 Å². The van der Waals surface area contributed by atoms with Crippen molar-refractivity contribution in [2.24, 2.45) is 5.11 Å². The average Bonchev–Trinajstić information content (AvgIpc) is 2.52. The molecule has 1 rings (SSSR count). The van der Waals surface area contributed by atoms with E-state index in [0.717, 1.165) is 6.08 Å². The Morgan fingerprint density at radius 3 is 3.09 bits per heavy atom. The molecule has 0 aliphatic heterocycles. The second-order valence-electron chi connectivity index (χ2n) is 1.79. The Morgan fingerprint density at radius 2 is 2.55 bits per heavy atom. The Balaban J connectivity index is 2.62. The highest BCUT2D eigenvalue weighted by molar-refractivity contribution is 5.91. The largest absolute Gasteiger partial charge is 0.704 e. The Bertz CT molecular complexity index is 275. The van der Waals surface area contributed by atoms with Crippen LogP contribution in [-0.2, 0) is 4.79 Å². The van der Waals surface area contributed by atoms with E-state index in [4.69, 9.17) is 9.95 Å². The average molecular weight is 149 g/mol. The topological polar surface area (TPSA) is 64.9 Å². The fraction of sp³-hybridized carbons (Fsp3) is 0. The van der Waals surface area contributed by atoms with Gasteiger partial charge in [0.25, 0.3) is 0 Å². The molecule has 4 nitrogen and oxygen atoms in total. The molecule has 0 saturated carbocycles. The number of nitrogens with zero attached hydrogens (tertiary/aromatic N) is 2. The molecule has 1 amide bonds. The smallest absolute Gasteiger partial charge is 0.249 e. The molecule has 0 aliphatic carbocycles. The third kappa shape index (κ3) is 2.17. The van der Waals surface area contributed by atoms with Crippen molar-refractivity contribution in [3.63, 3.8) is 0 Å². The molecule has 0 atom stereocenters. The summed E-state index contributed by atoms with van der Waals surface area (Å²) in [6, 6.07) is 3.38. The van der Waals surface area contributed by atoms with Gasteiger partial charge in [-0.25, -0.2) is 0 Å². The highest BCUT2D eigenvalue weighted by atomic mass is 16.3. The van der Waals surface area contributed by atoms with Crippen LogP contribution < -0.4 is 0 Å². The summed E-state index contributed by atoms with van der Waals surface area (Å²) in [5.41, 5.74) is 7.96. The van der Waals surface area contributed by atoms with Gasteiger partial charge in [-0.1, -0.05) is 0 Å². The minimum Gasteiger partial charge on any atom is -0.704 e. The van der Waals surface area contributed by atoms with Crippen LogP contribution in [0, 0.1) is 0 Å². The summed E-state index contributed by atoms with van der Waals surface area (Å²) in [4.78, 5) is 10.4. The van der Waals surface area contributed by atoms with Crippen LogP contribution in [0.25, 0.3) is 11.6 Å². The van der Waals surface area contributed by atoms with Crippen molar-refractivity contribution in [1.29, 1.82) is 0 Å². The van der Waals surface area contributed by atoms with Gasteiger partial charge in [0.2, 0.25) is 5.91 Å². The van der Waals surface area contributed by atoms with Gasteiger partial charge in [0.1, 0.15) is 5.76 Å². The van der Waals surface area contributed by atoms with Gasteiger partial charge in [-0.05, 0) is 18.2 Å². The summed E-state index contributed by atoms with van der Waals surface area (Å²) in [6.45, 7) is 0. The number of furan rings is 1. The molecule has 1 aromatic heterocycles. The Labute approximate surface area is 63.0 Å². The highest BCUT2D eigenvalue weighted by Crippen LogP contribution is 2.01. The molecule has 56 valence electrons. The molecule has 0 unspecified atom stereocenters. The SMILES string of the molecule is [N-]=NC(=O)/C=C/c1ccco1. The fourth-order valence-corrected chi connectivity index (χ4v) is 0.573. The van der Waals surface area contributed by atoms with E-state index in [2.05, 4.69) is 5.11 Å². The van der Waals surface area contributed by atoms with E-state index < -0.39 is 5.91 Å². The van der Waals surface area contributed by atoms with Crippen molar-refractivity contribution in [1.82, 2.24) is 0 Å². The van der Waals surface area contributed by atoms with Crippen molar-refractivity contribution in [3.05, 3.63) is 35.8 Å². The van der Waals surface area contributed by atoms with Crippen molar-refractivity contribution >= 4 is 12.0 Å². The monoisotopic (exact) mass is 149 g/mol. The minimum atomic E-state index is -0.707. The second kappa shape index (κ2) is 3.46. The van der Waals surface area contributed by atoms with Crippen LogP contribution in [0.15, 0.2) is 34.0 Å². The quantitative estimate of drug-likeness (QED) is 0.475. The van der Waals surface area contributed by atoms with E-state index in [-0.39, 0.29) is 0 Å². The number of rotatable bonds is 2. The summed E-state index contributed by atoms with van der Waals surface area (Å²) < 4.78 is 4.87. The molecular weight excluding hydrogens is 144 g/mol. The van der Waals surface area contributed by atoms with Crippen molar-refractivity contribution in [2.75, 3.05) is 0 Å². The third-order valence-corrected chi connectivity index (χ3v) is 1.03. The maximum absolute atomic E-state index is 10.4. The Kier molecular flexibility index (Phi) is 2.32. The lowest BCUT2D eigenvalue weighted by Gasteiger charge is -1.84. The molecule has 0 aliphatic rings. The van der Waals surface area contributed by atoms with Crippen LogP contribution in [0.4, 0.5) is 0 Å². The normalized spacial score (nSPS) is 10.2. The first-order valence-electron chi connectivity index (χ1n) is 2.93. The molecule has 0 N–H and O–H groups in total. The van der Waals surface area contributed by atoms with Crippen LogP contribution in [0.5, 0.6) is 0 Å². The van der Waals surface area contributed by atoms with Crippen molar-refractivity contribution in [2.45, 2.75) is 0 Å². The van der Waals surface area contributed by atoms with E-state index >= 15 is 0 Å². The van der Waals surface area contributed by atoms with Crippen molar-refractivity contribution < 1.29 is 9.21 Å². The lowest BCUT2D eigenvalue weighted by Crippen LogP contribution is -1.80. The Hall–Kier alpha value is -1.71. The number of carbonyl (C=O) groups is 1. The fourth-order valence-electron chi connectivity index (χ4n) is 0.573. The molecule has 0 fully saturated rings. The zero-order chi connectivity index (χ0) is 8.10. The van der Waals surface area contributed by atoms with Gasteiger partial charge in [-0.3, -0.25) is 4.79 Å². The van der Waals surface area contributed by atoms with Crippen LogP contribution in [-0.4, -0.2) is 5.91 Å². The van der Waals surface area contributed by atoms with Crippen LogP contribution in [0.1, 0.15) is 5.76 Å². The molecule has 4 heteroatoms. The third-order valence-electron chi connectivity index (χ3n) is 1.03. The van der Waals surface area contributed by atoms with Gasteiger partial charge in [-0.15, -0.1) is 0 Å². The van der Waals surface area contributed by atoms with Gasteiger partial charge >= 0.3 is 0 Å². The van der Waals surface area contributed by atoms with Gasteiger partial charge in [-0.2, -0.15) is 0 Å². The van der Waals surface area contributed by atoms with Crippen LogP contribution >= 0.6 is 0 Å². The molecule has 0 spiro atoms. The molecule has 0 saturated heterocycles. The van der Waals surface area contributed by atoms with Crippen molar-refractivity contribution in [3.8, 4) is 0 Å². The second-order valence-corrected chi connectivity index (χ2v) is 1.79. The minimum absolute atomic E-state index is 0.544. The lowest BCUT2D eigenvalue weighted by molar-refractivity contribution is -0.113. The first-order valence-corrected chi connectivity index (χ1v) is 2.93. The van der Waals surface area contributed by atoms with E-state index in [9.17, 15) is 4.79 Å². The number of hydrogen-bond donors (Lipinski definition) is 0. The summed E-state index contributed by atoms with van der Waals surface area (Å²) in [6.07, 6.45) is 4.02. The zero-order valence-corrected chi connectivity index (χ0v) is 5.60. The summed E-state index contributed by atoms with van der Waals surface area (Å²) in [5, 5.41) is 2.42. The van der Waals surface area contributed by atoms with Gasteiger partial charge in [0.05, 0.1) is 6.26 Å². The zero-order valence-electron chi connectivity index (χ0n) is 5.60. The molecule has 1 heterocycles. The predicted molar refractivity (Wildman–Crippen MR) is 38.5 cm³/mol. The predicted octanol–water partition coefficient (Wildman–Crippen LogP) is 1.84. The summed E-state index contributed by atoms with van der Waals surface area (Å²) >= 11 is 0. The van der Waals surface area contributed by atoms with E-state index in [0.29, 0.717) is 5.76 Å². The lowest BCUT2D eigenvalue weighted by atomic mass is 10.4. The molecular formula is C7H5N2O2-. The highest BCUT2D eigenvalue weighted by Gasteiger charge is 1.88.